The Bertz CT molecular complexity index is 546. The average molecular weight is 344 g/mol. The van der Waals surface area contributed by atoms with E-state index >= 15 is 0 Å². The number of amides is 1. The van der Waals surface area contributed by atoms with Gasteiger partial charge in [-0.3, -0.25) is 9.59 Å². The van der Waals surface area contributed by atoms with Gasteiger partial charge < -0.3 is 15.2 Å². The molecule has 1 aliphatic heterocycles. The minimum atomic E-state index is -0.934. The summed E-state index contributed by atoms with van der Waals surface area (Å²) in [5.74, 6) is -0.512. The van der Waals surface area contributed by atoms with E-state index in [4.69, 9.17) is 21.4 Å². The van der Waals surface area contributed by atoms with Gasteiger partial charge in [-0.15, -0.1) is 11.8 Å². The largest absolute Gasteiger partial charge is 0.481 e. The number of halogens is 1. The zero-order valence-electron chi connectivity index (χ0n) is 12.0. The molecule has 0 saturated carbocycles. The Labute approximate surface area is 138 Å². The first kappa shape index (κ1) is 17.1. The number of carbonyl (C=O) groups is 2. The number of hydrogen-bond acceptors (Lipinski definition) is 4. The van der Waals surface area contributed by atoms with E-state index in [-0.39, 0.29) is 18.9 Å². The number of rotatable bonds is 7. The summed E-state index contributed by atoms with van der Waals surface area (Å²) in [7, 11) is 0. The Morgan fingerprint density at radius 1 is 1.41 bits per heavy atom. The van der Waals surface area contributed by atoms with Gasteiger partial charge in [0.05, 0.1) is 23.6 Å². The molecular formula is C15H18ClNO4S. The van der Waals surface area contributed by atoms with Crippen molar-refractivity contribution in [3.63, 3.8) is 0 Å². The molecule has 1 aromatic carbocycles. The van der Waals surface area contributed by atoms with E-state index in [0.717, 1.165) is 4.90 Å². The van der Waals surface area contributed by atoms with Crippen LogP contribution in [0.5, 0.6) is 0 Å². The lowest BCUT2D eigenvalue weighted by Gasteiger charge is -2.27. The fourth-order valence-corrected chi connectivity index (χ4v) is 3.54. The molecule has 1 unspecified atom stereocenters. The lowest BCUT2D eigenvalue weighted by atomic mass is 9.94. The second kappa shape index (κ2) is 7.85. The number of carbonyl (C=O) groups excluding carboxylic acids is 1. The van der Waals surface area contributed by atoms with Crippen LogP contribution < -0.4 is 5.32 Å². The standard InChI is InChI=1S/C15H18ClNO4S/c16-11-3-1-2-4-12(11)22-8-5-13(18)17-15(9-14(19)20)6-7-21-10-15/h1-4H,5-10H2,(H,17,18)(H,19,20). The quantitative estimate of drug-likeness (QED) is 0.744. The SMILES string of the molecule is O=C(O)CC1(NC(=O)CCSc2ccccc2Cl)CCOC1. The van der Waals surface area contributed by atoms with Gasteiger partial charge in [-0.2, -0.15) is 0 Å². The van der Waals surface area contributed by atoms with Gasteiger partial charge in [-0.25, -0.2) is 0 Å². The second-order valence-electron chi connectivity index (χ2n) is 5.23. The van der Waals surface area contributed by atoms with Crippen LogP contribution >= 0.6 is 23.4 Å². The van der Waals surface area contributed by atoms with E-state index in [1.165, 1.54) is 11.8 Å². The molecule has 2 rings (SSSR count). The van der Waals surface area contributed by atoms with Crippen LogP contribution in [-0.2, 0) is 14.3 Å². The lowest BCUT2D eigenvalue weighted by molar-refractivity contribution is -0.139. The Morgan fingerprint density at radius 3 is 2.82 bits per heavy atom. The normalized spacial score (nSPS) is 20.8. The molecular weight excluding hydrogens is 326 g/mol. The van der Waals surface area contributed by atoms with E-state index in [1.807, 2.05) is 24.3 Å². The Morgan fingerprint density at radius 2 is 2.18 bits per heavy atom. The molecule has 0 aliphatic carbocycles. The van der Waals surface area contributed by atoms with Crippen LogP contribution in [0.25, 0.3) is 0 Å². The molecule has 1 saturated heterocycles. The summed E-state index contributed by atoms with van der Waals surface area (Å²) in [5, 5.41) is 12.5. The van der Waals surface area contributed by atoms with E-state index in [9.17, 15) is 9.59 Å². The number of benzene rings is 1. The van der Waals surface area contributed by atoms with Gasteiger partial charge in [0.25, 0.3) is 0 Å². The van der Waals surface area contributed by atoms with Crippen LogP contribution in [0.1, 0.15) is 19.3 Å². The third-order valence-corrected chi connectivity index (χ3v) is 4.94. The van der Waals surface area contributed by atoms with E-state index in [2.05, 4.69) is 5.32 Å². The van der Waals surface area contributed by atoms with Crippen LogP contribution in [0.15, 0.2) is 29.2 Å². The topological polar surface area (TPSA) is 75.6 Å². The fraction of sp³-hybridized carbons (Fsp3) is 0.467. The van der Waals surface area contributed by atoms with E-state index in [0.29, 0.717) is 30.2 Å². The van der Waals surface area contributed by atoms with Gasteiger partial charge in [0.1, 0.15) is 0 Å². The molecule has 0 aromatic heterocycles. The van der Waals surface area contributed by atoms with Gasteiger partial charge in [-0.1, -0.05) is 23.7 Å². The summed E-state index contributed by atoms with van der Waals surface area (Å²) < 4.78 is 5.25. The Hall–Kier alpha value is -1.24. The molecule has 5 nitrogen and oxygen atoms in total. The summed E-state index contributed by atoms with van der Waals surface area (Å²) in [6, 6.07) is 7.46. The predicted octanol–water partition coefficient (Wildman–Crippen LogP) is 2.57. The highest BCUT2D eigenvalue weighted by molar-refractivity contribution is 7.99. The highest BCUT2D eigenvalue weighted by atomic mass is 35.5. The Kier molecular flexibility index (Phi) is 6.11. The number of carboxylic acid groups (broad SMARTS) is 1. The van der Waals surface area contributed by atoms with Crippen molar-refractivity contribution in [2.75, 3.05) is 19.0 Å². The number of hydrogen-bond donors (Lipinski definition) is 2. The van der Waals surface area contributed by atoms with Crippen molar-refractivity contribution in [2.24, 2.45) is 0 Å². The van der Waals surface area contributed by atoms with Crippen molar-refractivity contribution in [1.29, 1.82) is 0 Å². The first-order valence-corrected chi connectivity index (χ1v) is 8.35. The number of thioether (sulfide) groups is 1. The van der Waals surface area contributed by atoms with Crippen LogP contribution in [-0.4, -0.2) is 41.5 Å². The molecule has 1 aromatic rings. The van der Waals surface area contributed by atoms with Crippen molar-refractivity contribution in [2.45, 2.75) is 29.7 Å². The van der Waals surface area contributed by atoms with Gasteiger partial charge in [0, 0.05) is 23.7 Å². The third kappa shape index (κ3) is 4.90. The number of ether oxygens (including phenoxy) is 1. The summed E-state index contributed by atoms with van der Waals surface area (Å²) in [6.45, 7) is 0.727. The third-order valence-electron chi connectivity index (χ3n) is 3.42. The molecule has 1 heterocycles. The smallest absolute Gasteiger partial charge is 0.305 e. The first-order chi connectivity index (χ1) is 10.5. The van der Waals surface area contributed by atoms with Crippen molar-refractivity contribution >= 4 is 35.2 Å². The molecule has 22 heavy (non-hydrogen) atoms. The molecule has 1 atom stereocenters. The maximum atomic E-state index is 12.1. The Balaban J connectivity index is 1.82. The molecule has 7 heteroatoms. The van der Waals surface area contributed by atoms with E-state index in [1.54, 1.807) is 0 Å². The number of nitrogens with one attached hydrogen (secondary N) is 1. The zero-order chi connectivity index (χ0) is 16.0. The van der Waals surface area contributed by atoms with Gasteiger partial charge in [-0.05, 0) is 18.6 Å². The predicted molar refractivity (Wildman–Crippen MR) is 85.4 cm³/mol. The molecule has 120 valence electrons. The summed E-state index contributed by atoms with van der Waals surface area (Å²) in [4.78, 5) is 23.9. The molecule has 1 aliphatic rings. The minimum Gasteiger partial charge on any atom is -0.481 e. The average Bonchev–Trinajstić information content (AvgIpc) is 2.88. The summed E-state index contributed by atoms with van der Waals surface area (Å²) in [6.07, 6.45) is 0.719. The van der Waals surface area contributed by atoms with Crippen LogP contribution in [0.4, 0.5) is 0 Å². The fourth-order valence-electron chi connectivity index (χ4n) is 2.35. The molecule has 0 bridgehead atoms. The van der Waals surface area contributed by atoms with Crippen molar-refractivity contribution in [3.05, 3.63) is 29.3 Å². The van der Waals surface area contributed by atoms with Crippen LogP contribution in [0.2, 0.25) is 5.02 Å². The maximum Gasteiger partial charge on any atom is 0.305 e. The van der Waals surface area contributed by atoms with Crippen LogP contribution in [0, 0.1) is 0 Å². The maximum absolute atomic E-state index is 12.1. The first-order valence-electron chi connectivity index (χ1n) is 6.99. The van der Waals surface area contributed by atoms with Crippen molar-refractivity contribution in [1.82, 2.24) is 5.32 Å². The summed E-state index contributed by atoms with van der Waals surface area (Å²) in [5.41, 5.74) is -0.766. The van der Waals surface area contributed by atoms with Gasteiger partial charge >= 0.3 is 5.97 Å². The van der Waals surface area contributed by atoms with Gasteiger partial charge in [0.2, 0.25) is 5.91 Å². The van der Waals surface area contributed by atoms with Gasteiger partial charge in [0.15, 0.2) is 0 Å². The number of carboxylic acids is 1. The van der Waals surface area contributed by atoms with Crippen molar-refractivity contribution < 1.29 is 19.4 Å². The lowest BCUT2D eigenvalue weighted by Crippen LogP contribution is -2.50. The van der Waals surface area contributed by atoms with E-state index < -0.39 is 11.5 Å². The highest BCUT2D eigenvalue weighted by Crippen LogP contribution is 2.27. The molecule has 2 N–H and O–H groups in total. The second-order valence-corrected chi connectivity index (χ2v) is 6.77. The molecule has 1 fully saturated rings. The zero-order valence-corrected chi connectivity index (χ0v) is 13.6. The number of aliphatic carboxylic acids is 1. The molecule has 1 amide bonds. The highest BCUT2D eigenvalue weighted by Gasteiger charge is 2.38. The minimum absolute atomic E-state index is 0.115. The molecule has 0 radical (unpaired) electrons. The van der Waals surface area contributed by atoms with Crippen LogP contribution in [0.3, 0.4) is 0 Å². The molecule has 0 spiro atoms. The van der Waals surface area contributed by atoms with Crippen molar-refractivity contribution in [3.8, 4) is 0 Å². The monoisotopic (exact) mass is 343 g/mol. The summed E-state index contributed by atoms with van der Waals surface area (Å²) >= 11 is 7.56.